The van der Waals surface area contributed by atoms with Crippen molar-refractivity contribution in [3.8, 4) is 0 Å². The van der Waals surface area contributed by atoms with Gasteiger partial charge >= 0.3 is 0 Å². The van der Waals surface area contributed by atoms with Crippen LogP contribution in [0.2, 0.25) is 0 Å². The van der Waals surface area contributed by atoms with Gasteiger partial charge < -0.3 is 4.57 Å². The standard InChI is InChI=1S/C15H12B3NO/c1-9(16)5-11(18)6-12-8-15(20)13-4-3-10(17)7-14(13)19(12)2/h3-8H,1-2H3/b9-5+,11-6+. The smallest absolute Gasteiger partial charge is 0.190 e. The van der Waals surface area contributed by atoms with Crippen LogP contribution in [0.25, 0.3) is 17.0 Å². The van der Waals surface area contributed by atoms with Crippen molar-refractivity contribution in [2.45, 2.75) is 6.92 Å². The molecule has 1 aromatic carbocycles. The SMILES string of the molecule is [B]/C(C)=C/C([B])=C\c1cc(=O)c2ccc([B])cc2n1C. The van der Waals surface area contributed by atoms with Crippen LogP contribution in [0.3, 0.4) is 0 Å². The lowest BCUT2D eigenvalue weighted by molar-refractivity contribution is 0.936. The zero-order valence-corrected chi connectivity index (χ0v) is 11.6. The van der Waals surface area contributed by atoms with Gasteiger partial charge in [0.1, 0.15) is 23.5 Å². The first kappa shape index (κ1) is 14.5. The van der Waals surface area contributed by atoms with Crippen molar-refractivity contribution in [3.05, 3.63) is 57.2 Å². The average molecular weight is 255 g/mol. The third-order valence-corrected chi connectivity index (χ3v) is 3.02. The summed E-state index contributed by atoms with van der Waals surface area (Å²) in [6.07, 6.45) is 3.36. The molecule has 1 aromatic heterocycles. The van der Waals surface area contributed by atoms with Gasteiger partial charge in [0.25, 0.3) is 0 Å². The highest BCUT2D eigenvalue weighted by Gasteiger charge is 2.05. The molecule has 92 valence electrons. The van der Waals surface area contributed by atoms with E-state index >= 15 is 0 Å². The lowest BCUT2D eigenvalue weighted by Crippen LogP contribution is -2.12. The number of fused-ring (bicyclic) bond motifs is 1. The van der Waals surface area contributed by atoms with Crippen LogP contribution >= 0.6 is 0 Å². The first-order valence-electron chi connectivity index (χ1n) is 6.18. The highest BCUT2D eigenvalue weighted by Crippen LogP contribution is 2.12. The predicted molar refractivity (Wildman–Crippen MR) is 87.8 cm³/mol. The van der Waals surface area contributed by atoms with Crippen LogP contribution in [0.4, 0.5) is 0 Å². The highest BCUT2D eigenvalue weighted by atomic mass is 16.1. The number of hydrogen-bond acceptors (Lipinski definition) is 1. The number of benzene rings is 1. The topological polar surface area (TPSA) is 22.0 Å². The van der Waals surface area contributed by atoms with E-state index in [2.05, 4.69) is 0 Å². The summed E-state index contributed by atoms with van der Waals surface area (Å²) in [7, 11) is 19.1. The molecule has 2 rings (SSSR count). The average Bonchev–Trinajstić information content (AvgIpc) is 2.34. The Kier molecular flexibility index (Phi) is 4.08. The van der Waals surface area contributed by atoms with E-state index in [1.807, 2.05) is 11.6 Å². The van der Waals surface area contributed by atoms with E-state index in [1.165, 1.54) is 0 Å². The van der Waals surface area contributed by atoms with Crippen molar-refractivity contribution in [3.63, 3.8) is 0 Å². The summed E-state index contributed by atoms with van der Waals surface area (Å²) in [6, 6.07) is 6.77. The molecule has 0 spiro atoms. The maximum absolute atomic E-state index is 12.1. The lowest BCUT2D eigenvalue weighted by Gasteiger charge is -2.11. The first-order chi connectivity index (χ1) is 9.38. The second kappa shape index (κ2) is 5.62. The summed E-state index contributed by atoms with van der Waals surface area (Å²) < 4.78 is 1.87. The molecule has 0 bridgehead atoms. The van der Waals surface area contributed by atoms with Gasteiger partial charge in [-0.3, -0.25) is 4.79 Å². The summed E-state index contributed by atoms with van der Waals surface area (Å²) in [4.78, 5) is 12.1. The molecule has 0 aliphatic carbocycles. The Morgan fingerprint density at radius 2 is 1.95 bits per heavy atom. The molecule has 5 heteroatoms. The number of nitrogens with zero attached hydrogens (tertiary/aromatic N) is 1. The van der Waals surface area contributed by atoms with Crippen LogP contribution in [0.5, 0.6) is 0 Å². The third kappa shape index (κ3) is 2.98. The summed E-state index contributed by atoms with van der Waals surface area (Å²) in [6.45, 7) is 1.75. The maximum atomic E-state index is 12.1. The van der Waals surface area contributed by atoms with Gasteiger partial charge in [-0.25, -0.2) is 0 Å². The van der Waals surface area contributed by atoms with E-state index < -0.39 is 0 Å². The van der Waals surface area contributed by atoms with Crippen molar-refractivity contribution >= 4 is 46.0 Å². The minimum Gasteiger partial charge on any atom is -0.344 e. The molecule has 2 nitrogen and oxygen atoms in total. The Morgan fingerprint density at radius 1 is 1.25 bits per heavy atom. The fourth-order valence-corrected chi connectivity index (χ4v) is 2.10. The van der Waals surface area contributed by atoms with Crippen LogP contribution in [0, 0.1) is 0 Å². The molecule has 6 radical (unpaired) electrons. The molecular weight excluding hydrogens is 243 g/mol. The second-order valence-corrected chi connectivity index (χ2v) is 4.80. The van der Waals surface area contributed by atoms with Gasteiger partial charge in [-0.1, -0.05) is 30.0 Å². The fraction of sp³-hybridized carbons (Fsp3) is 0.133. The van der Waals surface area contributed by atoms with Crippen molar-refractivity contribution in [2.75, 3.05) is 0 Å². The van der Waals surface area contributed by atoms with Crippen molar-refractivity contribution in [1.82, 2.24) is 4.57 Å². The summed E-state index contributed by atoms with van der Waals surface area (Å²) >= 11 is 0. The van der Waals surface area contributed by atoms with E-state index in [9.17, 15) is 4.79 Å². The Morgan fingerprint density at radius 3 is 2.60 bits per heavy atom. The quantitative estimate of drug-likeness (QED) is 0.577. The van der Waals surface area contributed by atoms with Crippen LogP contribution in [0.15, 0.2) is 46.1 Å². The summed E-state index contributed by atoms with van der Waals surface area (Å²) in [5.74, 6) is 0. The molecule has 1 heterocycles. The Hall–Kier alpha value is -1.90. The minimum absolute atomic E-state index is 0.0643. The van der Waals surface area contributed by atoms with Crippen molar-refractivity contribution < 1.29 is 0 Å². The van der Waals surface area contributed by atoms with E-state index in [0.717, 1.165) is 5.52 Å². The van der Waals surface area contributed by atoms with Crippen LogP contribution in [0.1, 0.15) is 12.6 Å². The van der Waals surface area contributed by atoms with E-state index in [-0.39, 0.29) is 5.43 Å². The van der Waals surface area contributed by atoms with Gasteiger partial charge in [0.15, 0.2) is 5.43 Å². The van der Waals surface area contributed by atoms with Gasteiger partial charge in [-0.15, -0.1) is 5.47 Å². The molecule has 0 unspecified atom stereocenters. The molecule has 0 aliphatic rings. The molecular formula is C15H12B3NO. The van der Waals surface area contributed by atoms with E-state index in [1.54, 1.807) is 43.3 Å². The second-order valence-electron chi connectivity index (χ2n) is 4.80. The minimum atomic E-state index is -0.0643. The van der Waals surface area contributed by atoms with Crippen molar-refractivity contribution in [1.29, 1.82) is 0 Å². The van der Waals surface area contributed by atoms with Gasteiger partial charge in [-0.2, -0.15) is 0 Å². The molecule has 0 amide bonds. The largest absolute Gasteiger partial charge is 0.344 e. The molecule has 0 saturated carbocycles. The molecule has 0 saturated heterocycles. The molecule has 0 aliphatic heterocycles. The fourth-order valence-electron chi connectivity index (χ4n) is 2.10. The van der Waals surface area contributed by atoms with Gasteiger partial charge in [-0.05, 0) is 18.2 Å². The number of allylic oxidation sites excluding steroid dienone is 3. The monoisotopic (exact) mass is 255 g/mol. The van der Waals surface area contributed by atoms with Crippen LogP contribution in [-0.4, -0.2) is 28.1 Å². The molecule has 0 fully saturated rings. The number of pyridine rings is 1. The number of rotatable bonds is 2. The zero-order chi connectivity index (χ0) is 14.9. The Balaban J connectivity index is 2.70. The molecule has 2 aromatic rings. The Bertz CT molecular complexity index is 784. The van der Waals surface area contributed by atoms with Gasteiger partial charge in [0.2, 0.25) is 0 Å². The summed E-state index contributed by atoms with van der Waals surface area (Å²) in [5.41, 5.74) is 3.11. The number of aromatic nitrogens is 1. The molecule has 0 atom stereocenters. The first-order valence-corrected chi connectivity index (χ1v) is 6.18. The van der Waals surface area contributed by atoms with E-state index in [4.69, 9.17) is 23.5 Å². The van der Waals surface area contributed by atoms with Crippen LogP contribution in [-0.2, 0) is 7.05 Å². The molecule has 0 N–H and O–H groups in total. The van der Waals surface area contributed by atoms with Gasteiger partial charge in [0.05, 0.1) is 5.52 Å². The molecule has 20 heavy (non-hydrogen) atoms. The maximum Gasteiger partial charge on any atom is 0.190 e. The number of aryl methyl sites for hydroxylation is 1. The van der Waals surface area contributed by atoms with E-state index in [0.29, 0.717) is 27.5 Å². The van der Waals surface area contributed by atoms with Crippen molar-refractivity contribution in [2.24, 2.45) is 7.05 Å². The normalized spacial score (nSPS) is 12.9. The highest BCUT2D eigenvalue weighted by molar-refractivity contribution is 6.33. The lowest BCUT2D eigenvalue weighted by atomic mass is 9.87. The van der Waals surface area contributed by atoms with Crippen LogP contribution < -0.4 is 10.9 Å². The Labute approximate surface area is 122 Å². The summed E-state index contributed by atoms with van der Waals surface area (Å²) in [5, 5.41) is 0.628. The number of hydrogen-bond donors (Lipinski definition) is 0. The third-order valence-electron chi connectivity index (χ3n) is 3.02. The zero-order valence-electron chi connectivity index (χ0n) is 11.6. The van der Waals surface area contributed by atoms with Gasteiger partial charge in [0, 0.05) is 24.2 Å². The predicted octanol–water partition coefficient (Wildman–Crippen LogP) is 0.914.